The summed E-state index contributed by atoms with van der Waals surface area (Å²) in [5, 5.41) is 20.7. The van der Waals surface area contributed by atoms with Gasteiger partial charge in [0.1, 0.15) is 5.75 Å². The zero-order chi connectivity index (χ0) is 24.3. The van der Waals surface area contributed by atoms with Crippen LogP contribution in [0.4, 0.5) is 13.2 Å². The Bertz CT molecular complexity index is 916. The summed E-state index contributed by atoms with van der Waals surface area (Å²) in [6.07, 6.45) is -3.03. The minimum atomic E-state index is -5.08. The first-order valence-corrected chi connectivity index (χ1v) is 11.9. The molecule has 2 atom stereocenters. The van der Waals surface area contributed by atoms with Crippen LogP contribution in [0.5, 0.6) is 5.75 Å². The maximum atomic E-state index is 12.7. The first-order chi connectivity index (χ1) is 14.7. The van der Waals surface area contributed by atoms with Crippen LogP contribution in [-0.4, -0.2) is 66.5 Å². The molecule has 8 nitrogen and oxygen atoms in total. The van der Waals surface area contributed by atoms with E-state index in [1.807, 2.05) is 6.92 Å². The highest BCUT2D eigenvalue weighted by Gasteiger charge is 2.38. The van der Waals surface area contributed by atoms with Gasteiger partial charge in [-0.25, -0.2) is 17.5 Å². The van der Waals surface area contributed by atoms with E-state index in [-0.39, 0.29) is 23.0 Å². The first kappa shape index (κ1) is 26.7. The Morgan fingerprint density at radius 1 is 1.28 bits per heavy atom. The highest BCUT2D eigenvalue weighted by molar-refractivity contribution is 7.89. The lowest BCUT2D eigenvalue weighted by atomic mass is 9.86. The lowest BCUT2D eigenvalue weighted by Gasteiger charge is -2.35. The number of nitrogens with two attached hydrogens (primary N) is 1. The zero-order valence-electron chi connectivity index (χ0n) is 17.4. The average molecular weight is 502 g/mol. The number of benzene rings is 1. The van der Waals surface area contributed by atoms with E-state index < -0.39 is 22.2 Å². The molecule has 1 aromatic carbocycles. The van der Waals surface area contributed by atoms with Crippen LogP contribution in [0.15, 0.2) is 12.1 Å². The number of piperidine rings is 1. The van der Waals surface area contributed by atoms with Crippen molar-refractivity contribution in [3.63, 3.8) is 0 Å². The zero-order valence-corrected chi connectivity index (χ0v) is 19.0. The second-order valence-electron chi connectivity index (χ2n) is 7.89. The number of carbonyl (C=O) groups is 1. The Hall–Kier alpha value is -1.60. The van der Waals surface area contributed by atoms with E-state index in [0.717, 1.165) is 12.1 Å². The van der Waals surface area contributed by atoms with Crippen molar-refractivity contribution in [2.45, 2.75) is 43.7 Å². The summed E-state index contributed by atoms with van der Waals surface area (Å²) in [4.78, 5) is 8.90. The molecule has 5 N–H and O–H groups in total. The highest BCUT2D eigenvalue weighted by Crippen LogP contribution is 2.37. The van der Waals surface area contributed by atoms with E-state index in [9.17, 15) is 26.7 Å². The van der Waals surface area contributed by atoms with Gasteiger partial charge in [-0.15, -0.1) is 0 Å². The van der Waals surface area contributed by atoms with Gasteiger partial charge in [0.05, 0.1) is 5.25 Å². The molecule has 0 saturated carbocycles. The number of aliphatic carboxylic acids is 1. The smallest absolute Gasteiger partial charge is 0.490 e. The number of phenolic OH excluding ortho intramolecular Hbond substituents is 1. The van der Waals surface area contributed by atoms with Crippen LogP contribution in [0.2, 0.25) is 5.02 Å². The molecule has 0 spiro atoms. The number of carboxylic acid groups (broad SMARTS) is 1. The van der Waals surface area contributed by atoms with Crippen molar-refractivity contribution in [2.24, 2.45) is 11.7 Å². The number of hydrogen-bond donors (Lipinski definition) is 4. The molecule has 3 rings (SSSR count). The number of aromatic hydroxyl groups is 1. The maximum Gasteiger partial charge on any atom is 0.490 e. The van der Waals surface area contributed by atoms with Crippen molar-refractivity contribution in [3.05, 3.63) is 28.3 Å². The van der Waals surface area contributed by atoms with Gasteiger partial charge in [0.2, 0.25) is 10.0 Å². The van der Waals surface area contributed by atoms with E-state index in [4.69, 9.17) is 27.2 Å². The fraction of sp³-hybridized carbons (Fsp3) is 0.632. The van der Waals surface area contributed by atoms with Gasteiger partial charge in [-0.05, 0) is 56.3 Å². The molecule has 2 saturated heterocycles. The summed E-state index contributed by atoms with van der Waals surface area (Å²) >= 11 is 6.16. The number of aryl methyl sites for hydroxylation is 1. The standard InChI is InChI=1S/C17H26ClN3O3S.C2HF3O2/c1-11-8-16(22)14(9-15(11)18)17(19)12-3-6-21(7-4-12)25(23,24)13-2-5-20-10-13;3-2(4,5)1(6)7/h8-9,12-13,17,20,22H,2-7,10,19H2,1H3;(H,6,7). The molecule has 2 unspecified atom stereocenters. The van der Waals surface area contributed by atoms with Crippen molar-refractivity contribution in [2.75, 3.05) is 26.2 Å². The number of carboxylic acids is 1. The fourth-order valence-electron chi connectivity index (χ4n) is 3.79. The SMILES string of the molecule is Cc1cc(O)c(C(N)C2CCN(S(=O)(=O)C3CCNC3)CC2)cc1Cl.O=C(O)C(F)(F)F. The first-order valence-electron chi connectivity index (χ1n) is 9.99. The molecule has 1 aromatic rings. The second kappa shape index (κ2) is 10.6. The van der Waals surface area contributed by atoms with Gasteiger partial charge in [-0.3, -0.25) is 0 Å². The van der Waals surface area contributed by atoms with Gasteiger partial charge in [0.15, 0.2) is 0 Å². The molecule has 13 heteroatoms. The number of alkyl halides is 3. The van der Waals surface area contributed by atoms with Crippen molar-refractivity contribution in [1.82, 2.24) is 9.62 Å². The van der Waals surface area contributed by atoms with Crippen molar-refractivity contribution < 1.29 is 36.6 Å². The number of sulfonamides is 1. The second-order valence-corrected chi connectivity index (χ2v) is 10.5. The molecule has 0 radical (unpaired) electrons. The van der Waals surface area contributed by atoms with E-state index in [2.05, 4.69) is 5.32 Å². The number of phenols is 1. The number of hydrogen-bond acceptors (Lipinski definition) is 6. The van der Waals surface area contributed by atoms with Crippen LogP contribution in [0, 0.1) is 12.8 Å². The molecule has 2 heterocycles. The molecule has 0 aliphatic carbocycles. The lowest BCUT2D eigenvalue weighted by Crippen LogP contribution is -2.45. The molecule has 0 aromatic heterocycles. The quantitative estimate of drug-likeness (QED) is 0.498. The Labute approximate surface area is 189 Å². The third-order valence-corrected chi connectivity index (χ3v) is 8.45. The maximum absolute atomic E-state index is 12.7. The molecule has 2 fully saturated rings. The molecular weight excluding hydrogens is 475 g/mol. The van der Waals surface area contributed by atoms with E-state index in [1.165, 1.54) is 0 Å². The number of nitrogens with one attached hydrogen (secondary N) is 1. The summed E-state index contributed by atoms with van der Waals surface area (Å²) in [6.45, 7) is 4.10. The average Bonchev–Trinajstić information content (AvgIpc) is 3.26. The molecule has 2 aliphatic heterocycles. The normalized spacial score (nSPS) is 21.6. The molecule has 182 valence electrons. The third kappa shape index (κ3) is 6.47. The Kier molecular flexibility index (Phi) is 8.79. The lowest BCUT2D eigenvalue weighted by molar-refractivity contribution is -0.192. The summed E-state index contributed by atoms with van der Waals surface area (Å²) in [7, 11) is -3.24. The van der Waals surface area contributed by atoms with Crippen molar-refractivity contribution in [3.8, 4) is 5.75 Å². The largest absolute Gasteiger partial charge is 0.508 e. The van der Waals surface area contributed by atoms with E-state index >= 15 is 0 Å². The van der Waals surface area contributed by atoms with Gasteiger partial charge in [-0.2, -0.15) is 13.2 Å². The van der Waals surface area contributed by atoms with Crippen LogP contribution in [-0.2, 0) is 14.8 Å². The van der Waals surface area contributed by atoms with Crippen LogP contribution in [0.1, 0.15) is 36.4 Å². The van der Waals surface area contributed by atoms with Gasteiger partial charge in [-0.1, -0.05) is 11.6 Å². The Morgan fingerprint density at radius 2 is 1.84 bits per heavy atom. The van der Waals surface area contributed by atoms with Gasteiger partial charge >= 0.3 is 12.1 Å². The number of halogens is 4. The minimum Gasteiger partial charge on any atom is -0.508 e. The molecule has 32 heavy (non-hydrogen) atoms. The van der Waals surface area contributed by atoms with Crippen LogP contribution >= 0.6 is 11.6 Å². The predicted molar refractivity (Wildman–Crippen MR) is 113 cm³/mol. The number of nitrogens with zero attached hydrogens (tertiary/aromatic N) is 1. The van der Waals surface area contributed by atoms with Gasteiger partial charge < -0.3 is 21.3 Å². The van der Waals surface area contributed by atoms with Crippen LogP contribution in [0.3, 0.4) is 0 Å². The molecule has 0 bridgehead atoms. The number of rotatable bonds is 4. The van der Waals surface area contributed by atoms with E-state index in [0.29, 0.717) is 49.5 Å². The monoisotopic (exact) mass is 501 g/mol. The van der Waals surface area contributed by atoms with Crippen molar-refractivity contribution in [1.29, 1.82) is 0 Å². The third-order valence-electron chi connectivity index (χ3n) is 5.71. The van der Waals surface area contributed by atoms with Gasteiger partial charge in [0.25, 0.3) is 0 Å². The molecule has 0 amide bonds. The summed E-state index contributed by atoms with van der Waals surface area (Å²) in [6, 6.07) is 3.00. The van der Waals surface area contributed by atoms with Crippen molar-refractivity contribution >= 4 is 27.6 Å². The Balaban J connectivity index is 0.000000451. The summed E-state index contributed by atoms with van der Waals surface area (Å²) in [5.41, 5.74) is 7.81. The predicted octanol–water partition coefficient (Wildman–Crippen LogP) is 2.39. The minimum absolute atomic E-state index is 0.123. The summed E-state index contributed by atoms with van der Waals surface area (Å²) < 4.78 is 58.7. The molecular formula is C19H27ClF3N3O5S. The Morgan fingerprint density at radius 3 is 2.31 bits per heavy atom. The van der Waals surface area contributed by atoms with E-state index in [1.54, 1.807) is 16.4 Å². The van der Waals surface area contributed by atoms with Crippen LogP contribution < -0.4 is 11.1 Å². The van der Waals surface area contributed by atoms with Crippen LogP contribution in [0.25, 0.3) is 0 Å². The van der Waals surface area contributed by atoms with Gasteiger partial charge in [0, 0.05) is 36.3 Å². The highest BCUT2D eigenvalue weighted by atomic mass is 35.5. The fourth-order valence-corrected chi connectivity index (χ4v) is 5.84. The topological polar surface area (TPSA) is 133 Å². The molecule has 2 aliphatic rings. The summed E-state index contributed by atoms with van der Waals surface area (Å²) in [5.74, 6) is -2.48.